The molecule has 1 amide bonds. The Kier molecular flexibility index (Phi) is 4.48. The summed E-state index contributed by atoms with van der Waals surface area (Å²) in [7, 11) is 0. The van der Waals surface area contributed by atoms with Gasteiger partial charge in [-0.15, -0.1) is 0 Å². The Morgan fingerprint density at radius 3 is 2.62 bits per heavy atom. The van der Waals surface area contributed by atoms with Gasteiger partial charge >= 0.3 is 0 Å². The predicted molar refractivity (Wildman–Crippen MR) is 86.1 cm³/mol. The number of carbonyl (C=O) groups is 1. The van der Waals surface area contributed by atoms with E-state index in [1.165, 1.54) is 0 Å². The van der Waals surface area contributed by atoms with Crippen LogP contribution in [0.5, 0.6) is 0 Å². The number of amides is 1. The van der Waals surface area contributed by atoms with Gasteiger partial charge in [-0.2, -0.15) is 0 Å². The van der Waals surface area contributed by atoms with Gasteiger partial charge in [0.05, 0.1) is 16.6 Å². The van der Waals surface area contributed by atoms with Crippen LogP contribution in [0.25, 0.3) is 0 Å². The van der Waals surface area contributed by atoms with Crippen LogP contribution in [0.4, 0.5) is 11.5 Å². The third-order valence-corrected chi connectivity index (χ3v) is 3.99. The van der Waals surface area contributed by atoms with Crippen LogP contribution >= 0.6 is 11.6 Å². The average Bonchev–Trinajstić information content (AvgIpc) is 2.44. The Hall–Kier alpha value is -2.07. The Labute approximate surface area is 129 Å². The molecule has 0 bridgehead atoms. The number of halogens is 1. The molecule has 5 heteroatoms. The molecule has 0 radical (unpaired) electrons. The summed E-state index contributed by atoms with van der Waals surface area (Å²) in [6.07, 6.45) is 0. The highest BCUT2D eigenvalue weighted by Gasteiger charge is 2.16. The van der Waals surface area contributed by atoms with Crippen molar-refractivity contribution < 1.29 is 4.79 Å². The summed E-state index contributed by atoms with van der Waals surface area (Å²) < 4.78 is 0. The zero-order valence-electron chi connectivity index (χ0n) is 12.3. The fourth-order valence-corrected chi connectivity index (χ4v) is 2.26. The number of nitrogens with one attached hydrogen (secondary N) is 1. The molecule has 4 nitrogen and oxygen atoms in total. The summed E-state index contributed by atoms with van der Waals surface area (Å²) in [6, 6.07) is 9.44. The van der Waals surface area contributed by atoms with E-state index >= 15 is 0 Å². The molecule has 0 saturated carbocycles. The number of aryl methyl sites for hydroxylation is 2. The number of pyridine rings is 1. The molecule has 2 aromatic rings. The summed E-state index contributed by atoms with van der Waals surface area (Å²) in [5.41, 5.74) is 8.77. The highest BCUT2D eigenvalue weighted by Crippen LogP contribution is 2.28. The fourth-order valence-electron chi connectivity index (χ4n) is 2.16. The molecule has 1 aromatic heterocycles. The van der Waals surface area contributed by atoms with Crippen molar-refractivity contribution in [3.05, 3.63) is 52.2 Å². The van der Waals surface area contributed by atoms with Crippen molar-refractivity contribution in [2.45, 2.75) is 26.7 Å². The molecule has 2 rings (SSSR count). The van der Waals surface area contributed by atoms with Crippen molar-refractivity contribution >= 4 is 29.0 Å². The molecule has 0 saturated heterocycles. The molecule has 1 aromatic carbocycles. The van der Waals surface area contributed by atoms with E-state index in [1.54, 1.807) is 6.92 Å². The van der Waals surface area contributed by atoms with Gasteiger partial charge in [0.15, 0.2) is 0 Å². The number of aromatic nitrogens is 1. The minimum Gasteiger partial charge on any atom is -0.369 e. The summed E-state index contributed by atoms with van der Waals surface area (Å²) in [6.45, 7) is 5.58. The molecule has 1 unspecified atom stereocenters. The van der Waals surface area contributed by atoms with E-state index in [0.717, 1.165) is 22.5 Å². The smallest absolute Gasteiger partial charge is 0.224 e. The first-order valence-corrected chi connectivity index (χ1v) is 7.07. The van der Waals surface area contributed by atoms with Gasteiger partial charge in [-0.1, -0.05) is 29.8 Å². The van der Waals surface area contributed by atoms with Gasteiger partial charge in [0.25, 0.3) is 0 Å². The van der Waals surface area contributed by atoms with Crippen molar-refractivity contribution in [3.63, 3.8) is 0 Å². The summed E-state index contributed by atoms with van der Waals surface area (Å²) >= 11 is 6.12. The predicted octanol–water partition coefficient (Wildman–Crippen LogP) is 3.68. The molecular weight excluding hydrogens is 286 g/mol. The minimum atomic E-state index is -0.372. The van der Waals surface area contributed by atoms with Crippen molar-refractivity contribution in [2.24, 2.45) is 5.73 Å². The normalized spacial score (nSPS) is 12.0. The molecule has 110 valence electrons. The quantitative estimate of drug-likeness (QED) is 0.905. The van der Waals surface area contributed by atoms with Crippen molar-refractivity contribution in [1.29, 1.82) is 0 Å². The van der Waals surface area contributed by atoms with Crippen LogP contribution < -0.4 is 11.1 Å². The Morgan fingerprint density at radius 2 is 2.00 bits per heavy atom. The van der Waals surface area contributed by atoms with E-state index in [2.05, 4.69) is 10.3 Å². The molecule has 0 aliphatic heterocycles. The topological polar surface area (TPSA) is 68.0 Å². The van der Waals surface area contributed by atoms with Crippen LogP contribution in [0.2, 0.25) is 5.02 Å². The number of nitrogens with two attached hydrogens (primary N) is 1. The minimum absolute atomic E-state index is 0.360. The number of hydrogen-bond acceptors (Lipinski definition) is 3. The Balaban J connectivity index is 2.38. The third-order valence-electron chi connectivity index (χ3n) is 3.42. The molecular formula is C16H18ClN3O. The molecule has 1 heterocycles. The molecule has 0 aliphatic carbocycles. The first-order chi connectivity index (χ1) is 9.90. The van der Waals surface area contributed by atoms with Crippen molar-refractivity contribution in [3.8, 4) is 0 Å². The number of para-hydroxylation sites is 1. The average molecular weight is 304 g/mol. The highest BCUT2D eigenvalue weighted by atomic mass is 35.5. The standard InChI is InChI=1S/C16H18ClN3O/c1-9-8-14(19-11(3)15(9)17)20-13-7-5-4-6-12(13)10(2)16(18)21/h4-8,10H,1-3H3,(H2,18,21)(H,19,20). The van der Waals surface area contributed by atoms with Gasteiger partial charge in [0.2, 0.25) is 5.91 Å². The van der Waals surface area contributed by atoms with Gasteiger partial charge in [0.1, 0.15) is 5.82 Å². The molecule has 3 N–H and O–H groups in total. The maximum Gasteiger partial charge on any atom is 0.224 e. The lowest BCUT2D eigenvalue weighted by atomic mass is 9.98. The monoisotopic (exact) mass is 303 g/mol. The van der Waals surface area contributed by atoms with Gasteiger partial charge in [0, 0.05) is 5.69 Å². The van der Waals surface area contributed by atoms with E-state index < -0.39 is 0 Å². The van der Waals surface area contributed by atoms with Gasteiger partial charge in [-0.3, -0.25) is 4.79 Å². The van der Waals surface area contributed by atoms with Crippen molar-refractivity contribution in [2.75, 3.05) is 5.32 Å². The first-order valence-electron chi connectivity index (χ1n) is 6.69. The molecule has 0 spiro atoms. The Bertz CT molecular complexity index is 662. The molecule has 21 heavy (non-hydrogen) atoms. The van der Waals surface area contributed by atoms with E-state index in [1.807, 2.05) is 44.2 Å². The Morgan fingerprint density at radius 1 is 1.33 bits per heavy atom. The maximum atomic E-state index is 11.4. The molecule has 1 atom stereocenters. The largest absolute Gasteiger partial charge is 0.369 e. The maximum absolute atomic E-state index is 11.4. The van der Waals surface area contributed by atoms with Crippen LogP contribution in [-0.2, 0) is 4.79 Å². The summed E-state index contributed by atoms with van der Waals surface area (Å²) in [5, 5.41) is 3.91. The molecule has 0 fully saturated rings. The summed E-state index contributed by atoms with van der Waals surface area (Å²) in [5.74, 6) is -0.0395. The van der Waals surface area contributed by atoms with Crippen LogP contribution in [0, 0.1) is 13.8 Å². The zero-order valence-corrected chi connectivity index (χ0v) is 13.0. The lowest BCUT2D eigenvalue weighted by Crippen LogP contribution is -2.19. The first kappa shape index (κ1) is 15.3. The number of carbonyl (C=O) groups excluding carboxylic acids is 1. The van der Waals surface area contributed by atoms with Crippen molar-refractivity contribution in [1.82, 2.24) is 4.98 Å². The fraction of sp³-hybridized carbons (Fsp3) is 0.250. The number of nitrogens with zero attached hydrogens (tertiary/aromatic N) is 1. The van der Waals surface area contributed by atoms with Crippen LogP contribution in [-0.4, -0.2) is 10.9 Å². The number of benzene rings is 1. The highest BCUT2D eigenvalue weighted by molar-refractivity contribution is 6.32. The van der Waals surface area contributed by atoms with Crippen LogP contribution in [0.15, 0.2) is 30.3 Å². The second kappa shape index (κ2) is 6.14. The SMILES string of the molecule is Cc1cc(Nc2ccccc2C(C)C(N)=O)nc(C)c1Cl. The van der Waals surface area contributed by atoms with Gasteiger partial charge < -0.3 is 11.1 Å². The molecule has 0 aliphatic rings. The number of rotatable bonds is 4. The second-order valence-corrected chi connectivity index (χ2v) is 5.44. The van der Waals surface area contributed by atoms with E-state index in [4.69, 9.17) is 17.3 Å². The third kappa shape index (κ3) is 3.34. The van der Waals surface area contributed by atoms with E-state index in [-0.39, 0.29) is 11.8 Å². The lowest BCUT2D eigenvalue weighted by Gasteiger charge is -2.16. The van der Waals surface area contributed by atoms with E-state index in [9.17, 15) is 4.79 Å². The van der Waals surface area contributed by atoms with Crippen LogP contribution in [0.3, 0.4) is 0 Å². The van der Waals surface area contributed by atoms with E-state index in [0.29, 0.717) is 10.8 Å². The number of anilines is 2. The number of primary amides is 1. The van der Waals surface area contributed by atoms with Gasteiger partial charge in [-0.05, 0) is 44.0 Å². The summed E-state index contributed by atoms with van der Waals surface area (Å²) in [4.78, 5) is 15.8. The zero-order chi connectivity index (χ0) is 15.6. The van der Waals surface area contributed by atoms with Crippen LogP contribution in [0.1, 0.15) is 29.7 Å². The number of hydrogen-bond donors (Lipinski definition) is 2. The van der Waals surface area contributed by atoms with Gasteiger partial charge in [-0.25, -0.2) is 4.98 Å². The lowest BCUT2D eigenvalue weighted by molar-refractivity contribution is -0.119. The second-order valence-electron chi connectivity index (χ2n) is 5.06.